The van der Waals surface area contributed by atoms with Gasteiger partial charge in [-0.25, -0.2) is 8.78 Å². The van der Waals surface area contributed by atoms with E-state index >= 15 is 0 Å². The molecule has 0 aliphatic carbocycles. The molecule has 2 rings (SSSR count). The van der Waals surface area contributed by atoms with Crippen LogP contribution in [-0.4, -0.2) is 48.6 Å². The molecule has 0 spiro atoms. The number of nitrogens with one attached hydrogen (secondary N) is 1. The molecule has 3 unspecified atom stereocenters. The summed E-state index contributed by atoms with van der Waals surface area (Å²) in [6, 6.07) is 2.97. The predicted octanol–water partition coefficient (Wildman–Crippen LogP) is 2.31. The summed E-state index contributed by atoms with van der Waals surface area (Å²) in [5, 5.41) is 3.30. The number of aromatic nitrogens is 1. The van der Waals surface area contributed by atoms with Crippen LogP contribution in [0.1, 0.15) is 43.5 Å². The number of ether oxygens (including phenoxy) is 1. The molecule has 1 amide bonds. The van der Waals surface area contributed by atoms with Crippen LogP contribution in [0.4, 0.5) is 8.78 Å². The fourth-order valence-corrected chi connectivity index (χ4v) is 2.55. The van der Waals surface area contributed by atoms with Gasteiger partial charge in [0.25, 0.3) is 12.3 Å². The first-order chi connectivity index (χ1) is 10.9. The first kappa shape index (κ1) is 17.7. The Kier molecular flexibility index (Phi) is 6.01. The lowest BCUT2D eigenvalue weighted by atomic mass is 10.1. The van der Waals surface area contributed by atoms with Crippen molar-refractivity contribution in [3.05, 3.63) is 29.6 Å². The fourth-order valence-electron chi connectivity index (χ4n) is 2.55. The van der Waals surface area contributed by atoms with Crippen LogP contribution >= 0.6 is 0 Å². The second-order valence-electron chi connectivity index (χ2n) is 6.00. The summed E-state index contributed by atoms with van der Waals surface area (Å²) >= 11 is 0. The number of amides is 1. The number of hydrogen-bond acceptors (Lipinski definition) is 4. The van der Waals surface area contributed by atoms with Gasteiger partial charge in [0.1, 0.15) is 11.8 Å². The van der Waals surface area contributed by atoms with Crippen molar-refractivity contribution in [3.8, 4) is 0 Å². The summed E-state index contributed by atoms with van der Waals surface area (Å²) < 4.78 is 30.7. The monoisotopic (exact) mass is 327 g/mol. The molecule has 2 heterocycles. The summed E-state index contributed by atoms with van der Waals surface area (Å²) in [6.45, 7) is 2.55. The Morgan fingerprint density at radius 3 is 2.74 bits per heavy atom. The minimum atomic E-state index is -2.55. The molecule has 3 atom stereocenters. The normalized spacial score (nSPS) is 22.3. The third kappa shape index (κ3) is 4.68. The van der Waals surface area contributed by atoms with Gasteiger partial charge >= 0.3 is 0 Å². The van der Waals surface area contributed by atoms with Gasteiger partial charge in [0.2, 0.25) is 0 Å². The first-order valence-electron chi connectivity index (χ1n) is 7.72. The molecule has 128 valence electrons. The molecule has 0 saturated carbocycles. The summed E-state index contributed by atoms with van der Waals surface area (Å²) in [4.78, 5) is 17.2. The topological polar surface area (TPSA) is 54.5 Å². The molecule has 1 fully saturated rings. The van der Waals surface area contributed by atoms with Gasteiger partial charge in [-0.3, -0.25) is 9.78 Å². The van der Waals surface area contributed by atoms with Crippen molar-refractivity contribution in [1.29, 1.82) is 0 Å². The van der Waals surface area contributed by atoms with Crippen molar-refractivity contribution in [1.82, 2.24) is 15.2 Å². The molecule has 1 saturated heterocycles. The van der Waals surface area contributed by atoms with Gasteiger partial charge in [-0.1, -0.05) is 6.07 Å². The molecule has 0 bridgehead atoms. The maximum absolute atomic E-state index is 12.5. The van der Waals surface area contributed by atoms with Crippen LogP contribution in [0.15, 0.2) is 18.3 Å². The SMILES string of the molecule is CC(NCC1CCC(C(=O)N(C)C)O1)c1ccc(C(F)F)nc1. The lowest BCUT2D eigenvalue weighted by molar-refractivity contribution is -0.140. The zero-order chi connectivity index (χ0) is 17.0. The van der Waals surface area contributed by atoms with Crippen LogP contribution in [-0.2, 0) is 9.53 Å². The predicted molar refractivity (Wildman–Crippen MR) is 82.2 cm³/mol. The van der Waals surface area contributed by atoms with Gasteiger partial charge < -0.3 is 15.0 Å². The van der Waals surface area contributed by atoms with Crippen molar-refractivity contribution in [2.45, 2.75) is 44.4 Å². The van der Waals surface area contributed by atoms with E-state index in [0.29, 0.717) is 6.54 Å². The van der Waals surface area contributed by atoms with Crippen LogP contribution in [0.3, 0.4) is 0 Å². The summed E-state index contributed by atoms with van der Waals surface area (Å²) in [5.41, 5.74) is 0.624. The summed E-state index contributed by atoms with van der Waals surface area (Å²) in [5.74, 6) is -0.00710. The van der Waals surface area contributed by atoms with Gasteiger partial charge in [0.05, 0.1) is 6.10 Å². The van der Waals surface area contributed by atoms with Crippen LogP contribution in [0, 0.1) is 0 Å². The standard InChI is InChI=1S/C16H23F2N3O2/c1-10(11-4-6-13(15(17)18)20-8-11)19-9-12-5-7-14(23-12)16(22)21(2)3/h4,6,8,10,12,14-15,19H,5,7,9H2,1-3H3. The Morgan fingerprint density at radius 1 is 1.43 bits per heavy atom. The number of rotatable bonds is 6. The zero-order valence-corrected chi connectivity index (χ0v) is 13.6. The molecule has 1 N–H and O–H groups in total. The lowest BCUT2D eigenvalue weighted by Crippen LogP contribution is -2.35. The van der Waals surface area contributed by atoms with Crippen LogP contribution in [0.5, 0.6) is 0 Å². The van der Waals surface area contributed by atoms with E-state index in [4.69, 9.17) is 4.74 Å². The maximum Gasteiger partial charge on any atom is 0.280 e. The molecule has 1 aliphatic heterocycles. The van der Waals surface area contributed by atoms with Gasteiger partial charge in [-0.15, -0.1) is 0 Å². The van der Waals surface area contributed by atoms with Crippen LogP contribution in [0.2, 0.25) is 0 Å². The number of hydrogen-bond donors (Lipinski definition) is 1. The number of likely N-dealkylation sites (N-methyl/N-ethyl adjacent to an activating group) is 1. The van der Waals surface area contributed by atoms with Crippen molar-refractivity contribution >= 4 is 5.91 Å². The number of alkyl halides is 2. The summed E-state index contributed by atoms with van der Waals surface area (Å²) in [7, 11) is 3.44. The molecular weight excluding hydrogens is 304 g/mol. The van der Waals surface area contributed by atoms with Crippen molar-refractivity contribution < 1.29 is 18.3 Å². The highest BCUT2D eigenvalue weighted by Gasteiger charge is 2.31. The van der Waals surface area contributed by atoms with Gasteiger partial charge in [-0.05, 0) is 31.4 Å². The highest BCUT2D eigenvalue weighted by Crippen LogP contribution is 2.22. The Morgan fingerprint density at radius 2 is 2.17 bits per heavy atom. The second kappa shape index (κ2) is 7.79. The molecule has 5 nitrogen and oxygen atoms in total. The minimum absolute atomic E-state index is 0.00710. The van der Waals surface area contributed by atoms with E-state index in [1.165, 1.54) is 12.3 Å². The summed E-state index contributed by atoms with van der Waals surface area (Å²) in [6.07, 6.45) is 0.0891. The number of carbonyl (C=O) groups excluding carboxylic acids is 1. The molecule has 1 aromatic heterocycles. The minimum Gasteiger partial charge on any atom is -0.364 e. The van der Waals surface area contributed by atoms with Crippen molar-refractivity contribution in [2.24, 2.45) is 0 Å². The van der Waals surface area contributed by atoms with Gasteiger partial charge in [0.15, 0.2) is 0 Å². The third-order valence-electron chi connectivity index (χ3n) is 4.01. The average molecular weight is 327 g/mol. The Balaban J connectivity index is 1.81. The van der Waals surface area contributed by atoms with E-state index in [0.717, 1.165) is 18.4 Å². The number of carbonyl (C=O) groups is 1. The van der Waals surface area contributed by atoms with Crippen molar-refractivity contribution in [2.75, 3.05) is 20.6 Å². The average Bonchev–Trinajstić information content (AvgIpc) is 3.00. The van der Waals surface area contributed by atoms with E-state index < -0.39 is 6.43 Å². The lowest BCUT2D eigenvalue weighted by Gasteiger charge is -2.19. The van der Waals surface area contributed by atoms with Crippen LogP contribution < -0.4 is 5.32 Å². The third-order valence-corrected chi connectivity index (χ3v) is 4.01. The van der Waals surface area contributed by atoms with E-state index in [9.17, 15) is 13.6 Å². The largest absolute Gasteiger partial charge is 0.364 e. The van der Waals surface area contributed by atoms with E-state index in [2.05, 4.69) is 10.3 Å². The van der Waals surface area contributed by atoms with Gasteiger partial charge in [-0.2, -0.15) is 0 Å². The molecule has 1 aliphatic rings. The van der Waals surface area contributed by atoms with Gasteiger partial charge in [0, 0.05) is 32.9 Å². The van der Waals surface area contributed by atoms with E-state index in [1.807, 2.05) is 6.92 Å². The van der Waals surface area contributed by atoms with E-state index in [-0.39, 0.29) is 29.9 Å². The second-order valence-corrected chi connectivity index (χ2v) is 6.00. The molecule has 1 aromatic rings. The quantitative estimate of drug-likeness (QED) is 0.871. The Labute approximate surface area is 135 Å². The molecule has 0 aromatic carbocycles. The molecular formula is C16H23F2N3O2. The smallest absolute Gasteiger partial charge is 0.280 e. The molecule has 23 heavy (non-hydrogen) atoms. The highest BCUT2D eigenvalue weighted by atomic mass is 19.3. The van der Waals surface area contributed by atoms with Crippen LogP contribution in [0.25, 0.3) is 0 Å². The number of halogens is 2. The number of pyridine rings is 1. The van der Waals surface area contributed by atoms with E-state index in [1.54, 1.807) is 25.1 Å². The Bertz CT molecular complexity index is 523. The molecule has 0 radical (unpaired) electrons. The number of nitrogens with zero attached hydrogens (tertiary/aromatic N) is 2. The fraction of sp³-hybridized carbons (Fsp3) is 0.625. The van der Waals surface area contributed by atoms with Crippen molar-refractivity contribution in [3.63, 3.8) is 0 Å². The maximum atomic E-state index is 12.5. The first-order valence-corrected chi connectivity index (χ1v) is 7.72. The Hall–Kier alpha value is -1.60. The zero-order valence-electron chi connectivity index (χ0n) is 13.6. The molecule has 7 heteroatoms. The highest BCUT2D eigenvalue weighted by molar-refractivity contribution is 5.80.